The molecule has 1 saturated carbocycles. The number of rotatable bonds is 8. The van der Waals surface area contributed by atoms with Gasteiger partial charge in [-0.05, 0) is 36.0 Å². The van der Waals surface area contributed by atoms with Gasteiger partial charge in [0.25, 0.3) is 0 Å². The first-order valence-corrected chi connectivity index (χ1v) is 13.6. The monoisotopic (exact) mass is 522 g/mol. The second kappa shape index (κ2) is 10.8. The summed E-state index contributed by atoms with van der Waals surface area (Å²) in [6.07, 6.45) is 1.82. The molecule has 202 valence electrons. The average molecular weight is 523 g/mol. The van der Waals surface area contributed by atoms with Crippen LogP contribution in [0.4, 0.5) is 5.13 Å². The summed E-state index contributed by atoms with van der Waals surface area (Å²) >= 11 is 1.43. The molecule has 2 aliphatic carbocycles. The third-order valence-electron chi connectivity index (χ3n) is 8.04. The molecule has 0 bridgehead atoms. The number of nitrogens with zero attached hydrogens (tertiary/aromatic N) is 1. The molecule has 5 unspecified atom stereocenters. The minimum absolute atomic E-state index is 0.0537. The van der Waals surface area contributed by atoms with Gasteiger partial charge in [-0.25, -0.2) is 4.98 Å². The van der Waals surface area contributed by atoms with E-state index in [4.69, 9.17) is 4.98 Å². The lowest BCUT2D eigenvalue weighted by Gasteiger charge is -2.58. The number of hydrogen-bond donors (Lipinski definition) is 5. The van der Waals surface area contributed by atoms with Crippen molar-refractivity contribution in [2.75, 3.05) is 25.0 Å². The van der Waals surface area contributed by atoms with Crippen molar-refractivity contribution in [2.24, 2.45) is 22.2 Å². The van der Waals surface area contributed by atoms with Crippen molar-refractivity contribution < 1.29 is 24.6 Å². The number of hydrogen-bond acceptors (Lipinski definition) is 7. The van der Waals surface area contributed by atoms with Gasteiger partial charge < -0.3 is 26.2 Å². The van der Waals surface area contributed by atoms with E-state index in [-0.39, 0.29) is 53.4 Å². The van der Waals surface area contributed by atoms with Crippen LogP contribution in [0.15, 0.2) is 0 Å². The summed E-state index contributed by atoms with van der Waals surface area (Å²) in [5, 5.41) is 30.3. The molecular formula is C26H42N4O5S. The Balaban J connectivity index is 1.91. The van der Waals surface area contributed by atoms with Gasteiger partial charge in [-0.2, -0.15) is 0 Å². The lowest BCUT2D eigenvalue weighted by Crippen LogP contribution is -2.57. The molecule has 0 aromatic carbocycles. The Morgan fingerprint density at radius 3 is 2.42 bits per heavy atom. The molecule has 0 spiro atoms. The standard InChI is InChI=1S/C26H42N4O5S/c1-15(32)27-9-10-28-20(34)11-16-22-17(36-23(30-22)29-21(35)13-24(2,3)4)12-18-25(16,5)8-7-19(33)26(18,6)14-31/h16,18-19,31,33H,7-14H2,1-6H3,(H,27,32)(H,28,34)(H,29,30,35). The normalized spacial score (nSPS) is 29.6. The molecule has 0 radical (unpaired) electrons. The van der Waals surface area contributed by atoms with Crippen molar-refractivity contribution in [3.8, 4) is 0 Å². The quantitative estimate of drug-likeness (QED) is 0.332. The maximum absolute atomic E-state index is 13.0. The van der Waals surface area contributed by atoms with Crippen LogP contribution in [0.5, 0.6) is 0 Å². The molecule has 1 fully saturated rings. The second-order valence-corrected chi connectivity index (χ2v) is 13.3. The highest BCUT2D eigenvalue weighted by Crippen LogP contribution is 2.62. The van der Waals surface area contributed by atoms with Crippen LogP contribution in [0.3, 0.4) is 0 Å². The van der Waals surface area contributed by atoms with E-state index < -0.39 is 11.5 Å². The van der Waals surface area contributed by atoms with Crippen LogP contribution < -0.4 is 16.0 Å². The van der Waals surface area contributed by atoms with Crippen molar-refractivity contribution in [3.05, 3.63) is 10.6 Å². The van der Waals surface area contributed by atoms with Crippen LogP contribution in [0, 0.1) is 22.2 Å². The van der Waals surface area contributed by atoms with E-state index in [1.54, 1.807) is 0 Å². The molecule has 9 nitrogen and oxygen atoms in total. The second-order valence-electron chi connectivity index (χ2n) is 12.2. The zero-order valence-corrected chi connectivity index (χ0v) is 23.2. The van der Waals surface area contributed by atoms with E-state index >= 15 is 0 Å². The maximum Gasteiger partial charge on any atom is 0.226 e. The number of fused-ring (bicyclic) bond motifs is 2. The van der Waals surface area contributed by atoms with Gasteiger partial charge in [-0.15, -0.1) is 11.3 Å². The summed E-state index contributed by atoms with van der Waals surface area (Å²) in [5.74, 6) is -0.664. The van der Waals surface area contributed by atoms with E-state index in [9.17, 15) is 24.6 Å². The van der Waals surface area contributed by atoms with Crippen molar-refractivity contribution in [1.82, 2.24) is 15.6 Å². The zero-order chi connectivity index (χ0) is 26.9. The molecule has 3 rings (SSSR count). The van der Waals surface area contributed by atoms with E-state index in [0.717, 1.165) is 10.6 Å². The first kappa shape index (κ1) is 28.5. The highest BCUT2D eigenvalue weighted by atomic mass is 32.1. The molecule has 3 amide bonds. The molecule has 1 aromatic rings. The number of aliphatic hydroxyl groups is 2. The third-order valence-corrected chi connectivity index (χ3v) is 9.05. The van der Waals surface area contributed by atoms with Gasteiger partial charge in [0.15, 0.2) is 5.13 Å². The Labute approximate surface area is 217 Å². The Bertz CT molecular complexity index is 989. The predicted molar refractivity (Wildman–Crippen MR) is 140 cm³/mol. The molecule has 0 aliphatic heterocycles. The number of nitrogens with one attached hydrogen (secondary N) is 3. The highest BCUT2D eigenvalue weighted by Gasteiger charge is 2.59. The lowest BCUT2D eigenvalue weighted by molar-refractivity contribution is -0.144. The Kier molecular flexibility index (Phi) is 8.52. The van der Waals surface area contributed by atoms with Crippen LogP contribution in [0.2, 0.25) is 0 Å². The first-order valence-electron chi connectivity index (χ1n) is 12.8. The van der Waals surface area contributed by atoms with E-state index in [2.05, 4.69) is 22.9 Å². The lowest BCUT2D eigenvalue weighted by atomic mass is 9.47. The SMILES string of the molecule is CC(=O)NCCNC(=O)CC1c2nc(NC(=O)CC(C)(C)C)sc2CC2C(C)(CO)C(O)CCC12C. The molecule has 2 aliphatic rings. The van der Waals surface area contributed by atoms with Crippen LogP contribution in [-0.4, -0.2) is 58.7 Å². The van der Waals surface area contributed by atoms with Gasteiger partial charge in [-0.3, -0.25) is 14.4 Å². The number of carbonyl (C=O) groups is 3. The fourth-order valence-corrected chi connectivity index (χ4v) is 7.13. The van der Waals surface area contributed by atoms with Gasteiger partial charge >= 0.3 is 0 Å². The molecule has 5 atom stereocenters. The van der Waals surface area contributed by atoms with Gasteiger partial charge in [0.2, 0.25) is 17.7 Å². The van der Waals surface area contributed by atoms with E-state index in [0.29, 0.717) is 43.9 Å². The van der Waals surface area contributed by atoms with Gasteiger partial charge in [-0.1, -0.05) is 34.6 Å². The van der Waals surface area contributed by atoms with Crippen molar-refractivity contribution in [3.63, 3.8) is 0 Å². The molecule has 1 heterocycles. The minimum Gasteiger partial charge on any atom is -0.396 e. The summed E-state index contributed by atoms with van der Waals surface area (Å²) in [7, 11) is 0. The Morgan fingerprint density at radius 1 is 1.14 bits per heavy atom. The highest BCUT2D eigenvalue weighted by molar-refractivity contribution is 7.15. The summed E-state index contributed by atoms with van der Waals surface area (Å²) in [4.78, 5) is 42.5. The number of amides is 3. The van der Waals surface area contributed by atoms with Crippen molar-refractivity contribution >= 4 is 34.2 Å². The topological polar surface area (TPSA) is 141 Å². The van der Waals surface area contributed by atoms with Gasteiger partial charge in [0.1, 0.15) is 0 Å². The van der Waals surface area contributed by atoms with Gasteiger partial charge in [0, 0.05) is 49.1 Å². The zero-order valence-electron chi connectivity index (χ0n) is 22.4. The predicted octanol–water partition coefficient (Wildman–Crippen LogP) is 2.58. The summed E-state index contributed by atoms with van der Waals surface area (Å²) in [5.41, 5.74) is -0.386. The number of aliphatic hydroxyl groups excluding tert-OH is 2. The molecule has 10 heteroatoms. The first-order chi connectivity index (χ1) is 16.7. The Hall–Kier alpha value is -2.04. The molecule has 36 heavy (non-hydrogen) atoms. The third kappa shape index (κ3) is 6.08. The average Bonchev–Trinajstić information content (AvgIpc) is 3.16. The maximum atomic E-state index is 13.0. The molecule has 5 N–H and O–H groups in total. The van der Waals surface area contributed by atoms with Crippen LogP contribution in [0.1, 0.15) is 83.7 Å². The molecule has 0 saturated heterocycles. The van der Waals surface area contributed by atoms with Gasteiger partial charge in [0.05, 0.1) is 18.4 Å². The van der Waals surface area contributed by atoms with E-state index in [1.807, 2.05) is 27.7 Å². The summed E-state index contributed by atoms with van der Waals surface area (Å²) in [6, 6.07) is 0. The number of carbonyl (C=O) groups excluding carboxylic acids is 3. The summed E-state index contributed by atoms with van der Waals surface area (Å²) < 4.78 is 0. The molecule has 1 aromatic heterocycles. The van der Waals surface area contributed by atoms with E-state index in [1.165, 1.54) is 18.3 Å². The van der Waals surface area contributed by atoms with Crippen molar-refractivity contribution in [2.45, 2.75) is 85.7 Å². The number of thiazole rings is 1. The largest absolute Gasteiger partial charge is 0.396 e. The summed E-state index contributed by atoms with van der Waals surface area (Å²) in [6.45, 7) is 12.1. The fraction of sp³-hybridized carbons (Fsp3) is 0.769. The van der Waals surface area contributed by atoms with Crippen LogP contribution in [-0.2, 0) is 20.8 Å². The fourth-order valence-electron chi connectivity index (χ4n) is 6.04. The number of anilines is 1. The number of aromatic nitrogens is 1. The smallest absolute Gasteiger partial charge is 0.226 e. The van der Waals surface area contributed by atoms with Crippen LogP contribution >= 0.6 is 11.3 Å². The Morgan fingerprint density at radius 2 is 1.81 bits per heavy atom. The van der Waals surface area contributed by atoms with Crippen LogP contribution in [0.25, 0.3) is 0 Å². The molecular weight excluding hydrogens is 480 g/mol. The minimum atomic E-state index is -0.704. The van der Waals surface area contributed by atoms with Crippen molar-refractivity contribution in [1.29, 1.82) is 0 Å².